The third-order valence-electron chi connectivity index (χ3n) is 2.15. The van der Waals surface area contributed by atoms with Crippen LogP contribution in [0.3, 0.4) is 0 Å². The van der Waals surface area contributed by atoms with Crippen LogP contribution in [0.4, 0.5) is 0 Å². The molecule has 19 heavy (non-hydrogen) atoms. The Labute approximate surface area is 118 Å². The maximum atomic E-state index is 5.66. The predicted octanol–water partition coefficient (Wildman–Crippen LogP) is 1.90. The number of hydrazone groups is 1. The first kappa shape index (κ1) is 15.2. The lowest BCUT2D eigenvalue weighted by molar-refractivity contribution is 0.257. The molecule has 0 saturated heterocycles. The molecule has 0 atom stereocenters. The molecule has 0 aliphatic rings. The van der Waals surface area contributed by atoms with E-state index in [1.807, 2.05) is 18.2 Å². The van der Waals surface area contributed by atoms with E-state index in [4.69, 9.17) is 15.2 Å². The van der Waals surface area contributed by atoms with Crippen molar-refractivity contribution >= 4 is 23.5 Å². The SMILES string of the molecule is COc1cc(/C=N/NC(N)=S)ccc1OCC(C)C. The number of ether oxygens (including phenoxy) is 2. The highest BCUT2D eigenvalue weighted by molar-refractivity contribution is 7.80. The second kappa shape index (κ2) is 7.58. The summed E-state index contributed by atoms with van der Waals surface area (Å²) in [5.74, 6) is 1.84. The lowest BCUT2D eigenvalue weighted by Crippen LogP contribution is -2.23. The molecular weight excluding hydrogens is 262 g/mol. The molecule has 0 fully saturated rings. The minimum Gasteiger partial charge on any atom is -0.493 e. The van der Waals surface area contributed by atoms with Crippen molar-refractivity contribution < 1.29 is 9.47 Å². The van der Waals surface area contributed by atoms with E-state index in [0.29, 0.717) is 18.3 Å². The van der Waals surface area contributed by atoms with E-state index in [2.05, 4.69) is 36.6 Å². The van der Waals surface area contributed by atoms with E-state index in [0.717, 1.165) is 11.3 Å². The molecular formula is C13H19N3O2S. The highest BCUT2D eigenvalue weighted by Gasteiger charge is 2.06. The van der Waals surface area contributed by atoms with Gasteiger partial charge in [-0.3, -0.25) is 5.43 Å². The molecule has 1 aromatic carbocycles. The highest BCUT2D eigenvalue weighted by atomic mass is 32.1. The van der Waals surface area contributed by atoms with Gasteiger partial charge < -0.3 is 15.2 Å². The summed E-state index contributed by atoms with van der Waals surface area (Å²) in [6.07, 6.45) is 1.61. The lowest BCUT2D eigenvalue weighted by atomic mass is 10.2. The number of hydrogen-bond acceptors (Lipinski definition) is 4. The first-order chi connectivity index (χ1) is 9.02. The monoisotopic (exact) mass is 281 g/mol. The minimum absolute atomic E-state index is 0.125. The molecule has 0 radical (unpaired) electrons. The van der Waals surface area contributed by atoms with Crippen LogP contribution in [0.15, 0.2) is 23.3 Å². The standard InChI is InChI=1S/C13H19N3O2S/c1-9(2)8-18-11-5-4-10(6-12(11)17-3)7-15-16-13(14)19/h4-7,9H,8H2,1-3H3,(H3,14,16,19)/b15-7+. The third-order valence-corrected chi connectivity index (χ3v) is 2.24. The van der Waals surface area contributed by atoms with E-state index < -0.39 is 0 Å². The van der Waals surface area contributed by atoms with Crippen LogP contribution < -0.4 is 20.6 Å². The van der Waals surface area contributed by atoms with Crippen LogP contribution in [-0.2, 0) is 0 Å². The molecule has 0 saturated carbocycles. The molecule has 0 aliphatic heterocycles. The van der Waals surface area contributed by atoms with Gasteiger partial charge in [-0.25, -0.2) is 0 Å². The Morgan fingerprint density at radius 1 is 1.47 bits per heavy atom. The van der Waals surface area contributed by atoms with E-state index in [9.17, 15) is 0 Å². The molecule has 0 amide bonds. The second-order valence-corrected chi connectivity index (χ2v) is 4.79. The second-order valence-electron chi connectivity index (χ2n) is 4.35. The van der Waals surface area contributed by atoms with Crippen molar-refractivity contribution in [3.05, 3.63) is 23.8 Å². The lowest BCUT2D eigenvalue weighted by Gasteiger charge is -2.12. The Morgan fingerprint density at radius 3 is 2.79 bits per heavy atom. The van der Waals surface area contributed by atoms with Crippen LogP contribution in [0.25, 0.3) is 0 Å². The van der Waals surface area contributed by atoms with Crippen LogP contribution in [0, 0.1) is 5.92 Å². The van der Waals surface area contributed by atoms with Gasteiger partial charge in [0.2, 0.25) is 0 Å². The predicted molar refractivity (Wildman–Crippen MR) is 80.8 cm³/mol. The quantitative estimate of drug-likeness (QED) is 0.473. The van der Waals surface area contributed by atoms with Crippen LogP contribution in [0.5, 0.6) is 11.5 Å². The summed E-state index contributed by atoms with van der Waals surface area (Å²) in [5, 5.41) is 4.01. The van der Waals surface area contributed by atoms with Gasteiger partial charge in [-0.2, -0.15) is 5.10 Å². The molecule has 0 bridgehead atoms. The zero-order valence-electron chi connectivity index (χ0n) is 11.3. The largest absolute Gasteiger partial charge is 0.493 e. The average molecular weight is 281 g/mol. The smallest absolute Gasteiger partial charge is 0.184 e. The van der Waals surface area contributed by atoms with Crippen molar-refractivity contribution in [2.24, 2.45) is 16.8 Å². The van der Waals surface area contributed by atoms with E-state index in [1.54, 1.807) is 13.3 Å². The van der Waals surface area contributed by atoms with E-state index in [-0.39, 0.29) is 5.11 Å². The van der Waals surface area contributed by atoms with E-state index in [1.165, 1.54) is 0 Å². The van der Waals surface area contributed by atoms with Crippen molar-refractivity contribution in [3.63, 3.8) is 0 Å². The summed E-state index contributed by atoms with van der Waals surface area (Å²) in [6, 6.07) is 5.56. The molecule has 0 aromatic heterocycles. The summed E-state index contributed by atoms with van der Waals surface area (Å²) < 4.78 is 10.9. The zero-order chi connectivity index (χ0) is 14.3. The molecule has 0 heterocycles. The molecule has 0 aliphatic carbocycles. The first-order valence-corrected chi connectivity index (χ1v) is 6.33. The summed E-state index contributed by atoms with van der Waals surface area (Å²) >= 11 is 4.65. The third kappa shape index (κ3) is 5.56. The van der Waals surface area contributed by atoms with Gasteiger partial charge in [-0.15, -0.1) is 0 Å². The fourth-order valence-electron chi connectivity index (χ4n) is 1.31. The van der Waals surface area contributed by atoms with Crippen molar-refractivity contribution in [2.45, 2.75) is 13.8 Å². The van der Waals surface area contributed by atoms with Gasteiger partial charge in [0, 0.05) is 0 Å². The van der Waals surface area contributed by atoms with Crippen LogP contribution in [-0.4, -0.2) is 25.0 Å². The number of nitrogens with two attached hydrogens (primary N) is 1. The normalized spacial score (nSPS) is 10.7. The van der Waals surface area contributed by atoms with Gasteiger partial charge in [0.15, 0.2) is 16.6 Å². The Morgan fingerprint density at radius 2 is 2.21 bits per heavy atom. The summed E-state index contributed by atoms with van der Waals surface area (Å²) in [4.78, 5) is 0. The van der Waals surface area contributed by atoms with Gasteiger partial charge in [-0.05, 0) is 41.9 Å². The Bertz CT molecular complexity index is 461. The molecule has 3 N–H and O–H groups in total. The molecule has 0 spiro atoms. The summed E-state index contributed by atoms with van der Waals surface area (Å²) in [7, 11) is 1.60. The van der Waals surface area contributed by atoms with Gasteiger partial charge in [0.25, 0.3) is 0 Å². The van der Waals surface area contributed by atoms with Crippen LogP contribution >= 0.6 is 12.2 Å². The molecule has 104 valence electrons. The molecule has 1 rings (SSSR count). The maximum absolute atomic E-state index is 5.66. The highest BCUT2D eigenvalue weighted by Crippen LogP contribution is 2.27. The average Bonchev–Trinajstić information content (AvgIpc) is 2.36. The first-order valence-electron chi connectivity index (χ1n) is 5.92. The molecule has 1 aromatic rings. The summed E-state index contributed by atoms with van der Waals surface area (Å²) in [5.41, 5.74) is 8.62. The van der Waals surface area contributed by atoms with Gasteiger partial charge in [0.1, 0.15) is 0 Å². The topological polar surface area (TPSA) is 68.9 Å². The van der Waals surface area contributed by atoms with E-state index >= 15 is 0 Å². The zero-order valence-corrected chi connectivity index (χ0v) is 12.2. The van der Waals surface area contributed by atoms with Crippen molar-refractivity contribution in [1.29, 1.82) is 0 Å². The fourth-order valence-corrected chi connectivity index (χ4v) is 1.36. The van der Waals surface area contributed by atoms with Crippen molar-refractivity contribution in [1.82, 2.24) is 5.43 Å². The molecule has 5 nitrogen and oxygen atoms in total. The van der Waals surface area contributed by atoms with Crippen molar-refractivity contribution in [2.75, 3.05) is 13.7 Å². The number of nitrogens with one attached hydrogen (secondary N) is 1. The Kier molecular flexibility index (Phi) is 6.08. The number of hydrogen-bond donors (Lipinski definition) is 2. The number of rotatable bonds is 6. The summed E-state index contributed by atoms with van der Waals surface area (Å²) in [6.45, 7) is 4.83. The van der Waals surface area contributed by atoms with Crippen molar-refractivity contribution in [3.8, 4) is 11.5 Å². The Balaban J connectivity index is 2.77. The van der Waals surface area contributed by atoms with Gasteiger partial charge >= 0.3 is 0 Å². The maximum Gasteiger partial charge on any atom is 0.184 e. The van der Waals surface area contributed by atoms with Crippen LogP contribution in [0.2, 0.25) is 0 Å². The minimum atomic E-state index is 0.125. The molecule has 0 unspecified atom stereocenters. The Hall–Kier alpha value is -1.82. The number of nitrogens with zero attached hydrogens (tertiary/aromatic N) is 1. The van der Waals surface area contributed by atoms with Gasteiger partial charge in [-0.1, -0.05) is 13.8 Å². The fraction of sp³-hybridized carbons (Fsp3) is 0.385. The van der Waals surface area contributed by atoms with Gasteiger partial charge in [0.05, 0.1) is 19.9 Å². The number of thiocarbonyl (C=S) groups is 1. The number of methoxy groups -OCH3 is 1. The van der Waals surface area contributed by atoms with Crippen LogP contribution in [0.1, 0.15) is 19.4 Å². The molecule has 6 heteroatoms. The number of benzene rings is 1.